The third-order valence-electron chi connectivity index (χ3n) is 6.35. The molecule has 0 saturated carbocycles. The Kier molecular flexibility index (Phi) is 6.89. The van der Waals surface area contributed by atoms with Gasteiger partial charge in [-0.1, -0.05) is 24.3 Å². The Morgan fingerprint density at radius 3 is 2.89 bits per heavy atom. The average molecular weight is 504 g/mol. The van der Waals surface area contributed by atoms with Crippen LogP contribution in [0.2, 0.25) is 0 Å². The smallest absolute Gasteiger partial charge is 0.341 e. The van der Waals surface area contributed by atoms with Crippen LogP contribution in [0.3, 0.4) is 0 Å². The molecule has 2 aliphatic carbocycles. The number of nitrogens with zero attached hydrogens (tertiary/aromatic N) is 2. The van der Waals surface area contributed by atoms with E-state index in [2.05, 4.69) is 28.5 Å². The Bertz CT molecular complexity index is 1360. The van der Waals surface area contributed by atoms with Gasteiger partial charge in [0.2, 0.25) is 5.91 Å². The van der Waals surface area contributed by atoms with Gasteiger partial charge in [0.1, 0.15) is 16.1 Å². The summed E-state index contributed by atoms with van der Waals surface area (Å²) in [5, 5.41) is 13.7. The molecule has 0 bridgehead atoms. The highest BCUT2D eigenvalue weighted by molar-refractivity contribution is 7.99. The zero-order chi connectivity index (χ0) is 24.4. The molecule has 6 nitrogen and oxygen atoms in total. The molecule has 2 aliphatic rings. The Balaban J connectivity index is 1.32. The van der Waals surface area contributed by atoms with Crippen molar-refractivity contribution in [2.24, 2.45) is 0 Å². The fourth-order valence-electron chi connectivity index (χ4n) is 4.72. The maximum atomic E-state index is 12.9. The number of pyridine rings is 1. The van der Waals surface area contributed by atoms with E-state index in [1.165, 1.54) is 34.2 Å². The molecule has 2 heterocycles. The number of thiophene rings is 1. The molecule has 5 rings (SSSR count). The highest BCUT2D eigenvalue weighted by atomic mass is 32.2. The lowest BCUT2D eigenvalue weighted by Gasteiger charge is -2.16. The predicted octanol–water partition coefficient (Wildman–Crippen LogP) is 5.57. The minimum atomic E-state index is -0.393. The Morgan fingerprint density at radius 2 is 2.06 bits per heavy atom. The van der Waals surface area contributed by atoms with Crippen molar-refractivity contribution >= 4 is 40.0 Å². The van der Waals surface area contributed by atoms with Crippen LogP contribution in [0, 0.1) is 11.3 Å². The summed E-state index contributed by atoms with van der Waals surface area (Å²) in [5.74, 6) is -0.0701. The van der Waals surface area contributed by atoms with Crippen LogP contribution in [0.5, 0.6) is 0 Å². The number of nitriles is 1. The zero-order valence-electron chi connectivity index (χ0n) is 19.5. The number of amides is 1. The van der Waals surface area contributed by atoms with E-state index in [9.17, 15) is 14.9 Å². The second-order valence-corrected chi connectivity index (χ2v) is 10.7. The number of fused-ring (bicyclic) bond motifs is 4. The second-order valence-electron chi connectivity index (χ2n) is 8.55. The molecule has 0 fully saturated rings. The number of anilines is 1. The summed E-state index contributed by atoms with van der Waals surface area (Å²) in [6.45, 7) is 2.06. The number of hydrogen-bond acceptors (Lipinski definition) is 7. The van der Waals surface area contributed by atoms with Crippen LogP contribution in [-0.4, -0.2) is 29.2 Å². The molecule has 0 spiro atoms. The summed E-state index contributed by atoms with van der Waals surface area (Å²) in [4.78, 5) is 31.4. The van der Waals surface area contributed by atoms with Crippen LogP contribution in [0.15, 0.2) is 35.4 Å². The predicted molar refractivity (Wildman–Crippen MR) is 138 cm³/mol. The van der Waals surface area contributed by atoms with Gasteiger partial charge in [-0.15, -0.1) is 23.1 Å². The van der Waals surface area contributed by atoms with E-state index >= 15 is 0 Å². The van der Waals surface area contributed by atoms with E-state index in [1.807, 2.05) is 18.2 Å². The van der Waals surface area contributed by atoms with Crippen molar-refractivity contribution in [3.05, 3.63) is 63.8 Å². The minimum Gasteiger partial charge on any atom is -0.462 e. The molecule has 0 unspecified atom stereocenters. The van der Waals surface area contributed by atoms with Crippen molar-refractivity contribution in [3.63, 3.8) is 0 Å². The Morgan fingerprint density at radius 1 is 1.20 bits per heavy atom. The molecule has 8 heteroatoms. The van der Waals surface area contributed by atoms with Gasteiger partial charge in [-0.05, 0) is 67.3 Å². The van der Waals surface area contributed by atoms with Crippen LogP contribution >= 0.6 is 23.1 Å². The zero-order valence-corrected chi connectivity index (χ0v) is 21.1. The number of aromatic nitrogens is 1. The first-order valence-corrected chi connectivity index (χ1v) is 13.7. The minimum absolute atomic E-state index is 0.172. The van der Waals surface area contributed by atoms with Gasteiger partial charge < -0.3 is 10.1 Å². The standard InChI is InChI=1S/C27H25N3O3S2/c1-2-33-27(32)23-20-11-10-16-6-3-4-8-19(16)24(20)35-26(23)30-22(31)12-13-34-25-18(15-28)14-17-7-5-9-21(17)29-25/h3-4,6,8,14H,2,5,7,9-13H2,1H3,(H,30,31). The van der Waals surface area contributed by atoms with Crippen LogP contribution in [-0.2, 0) is 35.2 Å². The van der Waals surface area contributed by atoms with Crippen LogP contribution < -0.4 is 5.32 Å². The first-order chi connectivity index (χ1) is 17.1. The van der Waals surface area contributed by atoms with Gasteiger partial charge in [0.15, 0.2) is 0 Å². The molecule has 178 valence electrons. The van der Waals surface area contributed by atoms with Gasteiger partial charge in [-0.2, -0.15) is 5.26 Å². The number of benzene rings is 1. The molecular formula is C27H25N3O3S2. The molecule has 0 saturated heterocycles. The number of thioether (sulfide) groups is 1. The van der Waals surface area contributed by atoms with Crippen molar-refractivity contribution in [2.45, 2.75) is 50.5 Å². The van der Waals surface area contributed by atoms with Gasteiger partial charge in [0.25, 0.3) is 0 Å². The van der Waals surface area contributed by atoms with Crippen molar-refractivity contribution in [2.75, 3.05) is 17.7 Å². The van der Waals surface area contributed by atoms with E-state index in [0.29, 0.717) is 26.9 Å². The van der Waals surface area contributed by atoms with Crippen molar-refractivity contribution in [1.82, 2.24) is 4.98 Å². The monoisotopic (exact) mass is 503 g/mol. The molecule has 0 atom stereocenters. The molecule has 1 aromatic carbocycles. The molecular weight excluding hydrogens is 478 g/mol. The molecule has 1 amide bonds. The highest BCUT2D eigenvalue weighted by Gasteiger charge is 2.29. The second kappa shape index (κ2) is 10.2. The summed E-state index contributed by atoms with van der Waals surface area (Å²) < 4.78 is 5.34. The number of rotatable bonds is 7. The fourth-order valence-corrected chi connectivity index (χ4v) is 6.95. The number of nitrogens with one attached hydrogen (secondary N) is 1. The van der Waals surface area contributed by atoms with E-state index in [4.69, 9.17) is 4.74 Å². The number of hydrogen-bond donors (Lipinski definition) is 1. The third-order valence-corrected chi connectivity index (χ3v) is 8.52. The molecule has 0 aliphatic heterocycles. The van der Waals surface area contributed by atoms with E-state index < -0.39 is 5.97 Å². The SMILES string of the molecule is CCOC(=O)c1c(NC(=O)CCSc2nc3c(cc2C#N)CCC3)sc2c1CCc1ccccc1-2. The summed E-state index contributed by atoms with van der Waals surface area (Å²) in [5.41, 5.74) is 6.61. The van der Waals surface area contributed by atoms with Gasteiger partial charge in [-0.25, -0.2) is 9.78 Å². The van der Waals surface area contributed by atoms with Crippen LogP contribution in [0.1, 0.15) is 58.1 Å². The normalized spacial score (nSPS) is 13.4. The Hall–Kier alpha value is -3.15. The number of ether oxygens (including phenoxy) is 1. The summed E-state index contributed by atoms with van der Waals surface area (Å²) in [6, 6.07) is 12.4. The summed E-state index contributed by atoms with van der Waals surface area (Å²) in [6.07, 6.45) is 4.83. The number of carbonyl (C=O) groups is 2. The molecule has 2 aromatic heterocycles. The molecule has 1 N–H and O–H groups in total. The van der Waals surface area contributed by atoms with Crippen LogP contribution in [0.25, 0.3) is 10.4 Å². The quantitative estimate of drug-likeness (QED) is 0.335. The van der Waals surface area contributed by atoms with Gasteiger partial charge in [-0.3, -0.25) is 4.79 Å². The van der Waals surface area contributed by atoms with Crippen molar-refractivity contribution in [3.8, 4) is 16.5 Å². The lowest BCUT2D eigenvalue weighted by Crippen LogP contribution is -2.16. The molecule has 35 heavy (non-hydrogen) atoms. The highest BCUT2D eigenvalue weighted by Crippen LogP contribution is 2.45. The lowest BCUT2D eigenvalue weighted by atomic mass is 9.89. The third kappa shape index (κ3) is 4.71. The first-order valence-electron chi connectivity index (χ1n) is 11.9. The lowest BCUT2D eigenvalue weighted by molar-refractivity contribution is -0.115. The van der Waals surface area contributed by atoms with E-state index in [0.717, 1.165) is 53.8 Å². The van der Waals surface area contributed by atoms with Gasteiger partial charge in [0.05, 0.1) is 17.7 Å². The summed E-state index contributed by atoms with van der Waals surface area (Å²) >= 11 is 2.87. The van der Waals surface area contributed by atoms with Crippen molar-refractivity contribution < 1.29 is 14.3 Å². The van der Waals surface area contributed by atoms with E-state index in [-0.39, 0.29) is 18.9 Å². The first kappa shape index (κ1) is 23.6. The maximum absolute atomic E-state index is 12.9. The number of aryl methyl sites for hydroxylation is 3. The summed E-state index contributed by atoms with van der Waals surface area (Å²) in [7, 11) is 0. The van der Waals surface area contributed by atoms with Gasteiger partial charge in [0, 0.05) is 22.7 Å². The number of esters is 1. The van der Waals surface area contributed by atoms with E-state index in [1.54, 1.807) is 6.92 Å². The van der Waals surface area contributed by atoms with Crippen molar-refractivity contribution in [1.29, 1.82) is 5.26 Å². The molecule has 0 radical (unpaired) electrons. The fraction of sp³-hybridized carbons (Fsp3) is 0.333. The Labute approximate surface area is 212 Å². The van der Waals surface area contributed by atoms with Gasteiger partial charge >= 0.3 is 5.97 Å². The topological polar surface area (TPSA) is 92.1 Å². The molecule has 3 aromatic rings. The largest absolute Gasteiger partial charge is 0.462 e. The number of carbonyl (C=O) groups excluding carboxylic acids is 2. The average Bonchev–Trinajstić information content (AvgIpc) is 3.47. The maximum Gasteiger partial charge on any atom is 0.341 e. The van der Waals surface area contributed by atoms with Crippen LogP contribution in [0.4, 0.5) is 5.00 Å².